The fourth-order valence-electron chi connectivity index (χ4n) is 2.78. The van der Waals surface area contributed by atoms with Crippen molar-refractivity contribution in [1.29, 1.82) is 0 Å². The first-order valence-electron chi connectivity index (χ1n) is 6.37. The van der Waals surface area contributed by atoms with Crippen LogP contribution < -0.4 is 9.80 Å². The summed E-state index contributed by atoms with van der Waals surface area (Å²) < 4.78 is 0.0557. The van der Waals surface area contributed by atoms with Crippen LogP contribution in [0, 0.1) is 0 Å². The maximum Gasteiger partial charge on any atom is 0.428 e. The number of fused-ring (bicyclic) bond motifs is 1. The van der Waals surface area contributed by atoms with Gasteiger partial charge in [-0.15, -0.1) is 0 Å². The quantitative estimate of drug-likeness (QED) is 0.661. The SMILES string of the molecule is CC[N+]1(c2cccc3ccccc23)CC(=O)NC1=O. The molecule has 0 aromatic heterocycles. The maximum absolute atomic E-state index is 12.2. The van der Waals surface area contributed by atoms with E-state index in [1.54, 1.807) is 0 Å². The van der Waals surface area contributed by atoms with E-state index in [2.05, 4.69) is 5.32 Å². The van der Waals surface area contributed by atoms with Gasteiger partial charge < -0.3 is 0 Å². The molecule has 3 rings (SSSR count). The third kappa shape index (κ3) is 1.64. The van der Waals surface area contributed by atoms with Crippen LogP contribution in [0.2, 0.25) is 0 Å². The summed E-state index contributed by atoms with van der Waals surface area (Å²) >= 11 is 0. The van der Waals surface area contributed by atoms with Gasteiger partial charge in [-0.25, -0.2) is 10.1 Å². The molecule has 1 unspecified atom stereocenters. The van der Waals surface area contributed by atoms with Gasteiger partial charge in [-0.05, 0) is 18.4 Å². The summed E-state index contributed by atoms with van der Waals surface area (Å²) in [5.74, 6) is -0.209. The van der Waals surface area contributed by atoms with Crippen molar-refractivity contribution >= 4 is 28.4 Å². The highest BCUT2D eigenvalue weighted by molar-refractivity contribution is 6.11. The van der Waals surface area contributed by atoms with Gasteiger partial charge in [0, 0.05) is 11.5 Å². The van der Waals surface area contributed by atoms with Gasteiger partial charge in [-0.1, -0.05) is 30.3 Å². The number of likely N-dealkylation sites (N-methyl/N-ethyl adjacent to an activating group) is 1. The van der Waals surface area contributed by atoms with Crippen molar-refractivity contribution in [2.24, 2.45) is 0 Å². The number of hydrogen-bond donors (Lipinski definition) is 1. The molecular formula is C15H15N2O2+. The molecule has 19 heavy (non-hydrogen) atoms. The molecule has 1 atom stereocenters. The normalized spacial score (nSPS) is 22.8. The van der Waals surface area contributed by atoms with Crippen LogP contribution in [0.3, 0.4) is 0 Å². The predicted molar refractivity (Wildman–Crippen MR) is 74.7 cm³/mol. The zero-order valence-electron chi connectivity index (χ0n) is 10.7. The molecule has 3 amide bonds. The van der Waals surface area contributed by atoms with Crippen molar-refractivity contribution < 1.29 is 9.59 Å². The molecule has 1 heterocycles. The Morgan fingerprint density at radius 2 is 1.84 bits per heavy atom. The lowest BCUT2D eigenvalue weighted by atomic mass is 10.1. The number of urea groups is 1. The van der Waals surface area contributed by atoms with Crippen molar-refractivity contribution in [3.8, 4) is 0 Å². The van der Waals surface area contributed by atoms with Crippen LogP contribution in [0.25, 0.3) is 10.8 Å². The summed E-state index contributed by atoms with van der Waals surface area (Å²) in [6.45, 7) is 2.68. The summed E-state index contributed by atoms with van der Waals surface area (Å²) in [5, 5.41) is 4.52. The van der Waals surface area contributed by atoms with Crippen LogP contribution in [0.1, 0.15) is 6.92 Å². The molecular weight excluding hydrogens is 240 g/mol. The average Bonchev–Trinajstić information content (AvgIpc) is 2.73. The largest absolute Gasteiger partial charge is 0.428 e. The molecule has 2 aromatic rings. The average molecular weight is 255 g/mol. The zero-order valence-corrected chi connectivity index (χ0v) is 10.7. The summed E-state index contributed by atoms with van der Waals surface area (Å²) in [5.41, 5.74) is 0.893. The number of quaternary nitrogens is 1. The monoisotopic (exact) mass is 255 g/mol. The van der Waals surface area contributed by atoms with E-state index in [0.717, 1.165) is 16.5 Å². The van der Waals surface area contributed by atoms with Gasteiger partial charge in [0.05, 0.1) is 6.54 Å². The third-order valence-electron chi connectivity index (χ3n) is 3.82. The fraction of sp³-hybridized carbons (Fsp3) is 0.200. The summed E-state index contributed by atoms with van der Waals surface area (Å²) in [6, 6.07) is 13.6. The standard InChI is InChI=1S/C15H14N2O2/c1-2-17(10-14(18)16-15(17)19)13-9-5-7-11-6-3-4-8-12(11)13/h3-9H,2,10H2,1H3/p+1. The van der Waals surface area contributed by atoms with Crippen LogP contribution in [-0.4, -0.2) is 25.0 Å². The van der Waals surface area contributed by atoms with Crippen molar-refractivity contribution in [2.45, 2.75) is 6.92 Å². The second-order valence-corrected chi connectivity index (χ2v) is 4.79. The summed E-state index contributed by atoms with van der Waals surface area (Å²) in [7, 11) is 0. The maximum atomic E-state index is 12.2. The fourth-order valence-corrected chi connectivity index (χ4v) is 2.78. The third-order valence-corrected chi connectivity index (χ3v) is 3.82. The molecule has 4 nitrogen and oxygen atoms in total. The minimum Gasteiger partial charge on any atom is -0.268 e. The van der Waals surface area contributed by atoms with Gasteiger partial charge >= 0.3 is 6.03 Å². The van der Waals surface area contributed by atoms with Crippen LogP contribution in [0.15, 0.2) is 42.5 Å². The van der Waals surface area contributed by atoms with E-state index in [4.69, 9.17) is 0 Å². The van der Waals surface area contributed by atoms with Gasteiger partial charge in [0.1, 0.15) is 5.69 Å². The molecule has 4 heteroatoms. The van der Waals surface area contributed by atoms with Crippen molar-refractivity contribution in [3.63, 3.8) is 0 Å². The molecule has 2 aromatic carbocycles. The van der Waals surface area contributed by atoms with E-state index in [1.165, 1.54) is 0 Å². The highest BCUT2D eigenvalue weighted by Crippen LogP contribution is 2.33. The number of imide groups is 1. The van der Waals surface area contributed by atoms with E-state index in [0.29, 0.717) is 6.54 Å². The van der Waals surface area contributed by atoms with Crippen LogP contribution in [-0.2, 0) is 4.79 Å². The van der Waals surface area contributed by atoms with E-state index >= 15 is 0 Å². The Balaban J connectivity index is 2.28. The topological polar surface area (TPSA) is 46.2 Å². The summed E-state index contributed by atoms with van der Waals surface area (Å²) in [6.07, 6.45) is 0. The lowest BCUT2D eigenvalue weighted by molar-refractivity contribution is -0.118. The molecule has 1 saturated heterocycles. The zero-order chi connectivity index (χ0) is 13.5. The predicted octanol–water partition coefficient (Wildman–Crippen LogP) is 2.42. The van der Waals surface area contributed by atoms with Crippen LogP contribution in [0.5, 0.6) is 0 Å². The van der Waals surface area contributed by atoms with E-state index < -0.39 is 0 Å². The van der Waals surface area contributed by atoms with E-state index in [1.807, 2.05) is 49.4 Å². The number of nitrogens with one attached hydrogen (secondary N) is 1. The van der Waals surface area contributed by atoms with E-state index in [-0.39, 0.29) is 23.0 Å². The highest BCUT2D eigenvalue weighted by atomic mass is 16.2. The first-order valence-corrected chi connectivity index (χ1v) is 6.37. The van der Waals surface area contributed by atoms with E-state index in [9.17, 15) is 9.59 Å². The van der Waals surface area contributed by atoms with Crippen molar-refractivity contribution in [1.82, 2.24) is 9.80 Å². The number of benzene rings is 2. The number of nitrogens with zero attached hydrogens (tertiary/aromatic N) is 1. The van der Waals surface area contributed by atoms with Crippen LogP contribution in [0.4, 0.5) is 10.5 Å². The Morgan fingerprint density at radius 3 is 2.53 bits per heavy atom. The molecule has 0 saturated carbocycles. The molecule has 0 aliphatic carbocycles. The second kappa shape index (κ2) is 4.17. The molecule has 1 aliphatic heterocycles. The minimum atomic E-state index is -0.233. The molecule has 0 spiro atoms. The molecule has 0 bridgehead atoms. The molecule has 1 fully saturated rings. The van der Waals surface area contributed by atoms with Crippen molar-refractivity contribution in [2.75, 3.05) is 13.1 Å². The number of rotatable bonds is 2. The Kier molecular flexibility index (Phi) is 2.61. The van der Waals surface area contributed by atoms with Gasteiger partial charge in [0.15, 0.2) is 6.54 Å². The number of carbonyl (C=O) groups excluding carboxylic acids is 2. The molecule has 1 N–H and O–H groups in total. The minimum absolute atomic E-state index is 0.0557. The number of carbonyl (C=O) groups is 2. The Morgan fingerprint density at radius 1 is 1.11 bits per heavy atom. The van der Waals surface area contributed by atoms with Crippen molar-refractivity contribution in [3.05, 3.63) is 42.5 Å². The first-order chi connectivity index (χ1) is 9.17. The lowest BCUT2D eigenvalue weighted by Gasteiger charge is -2.28. The molecule has 96 valence electrons. The lowest BCUT2D eigenvalue weighted by Crippen LogP contribution is -2.51. The van der Waals surface area contributed by atoms with Gasteiger partial charge in [-0.2, -0.15) is 4.48 Å². The Labute approximate surface area is 111 Å². The van der Waals surface area contributed by atoms with Gasteiger partial charge in [0.2, 0.25) is 0 Å². The van der Waals surface area contributed by atoms with Crippen LogP contribution >= 0.6 is 0 Å². The first kappa shape index (κ1) is 11.9. The van der Waals surface area contributed by atoms with Gasteiger partial charge in [0.25, 0.3) is 5.91 Å². The number of hydrogen-bond acceptors (Lipinski definition) is 2. The molecule has 0 radical (unpaired) electrons. The molecule has 1 aliphatic rings. The highest BCUT2D eigenvalue weighted by Gasteiger charge is 2.47. The smallest absolute Gasteiger partial charge is 0.268 e. The second-order valence-electron chi connectivity index (χ2n) is 4.79. The Hall–Kier alpha value is -2.20. The van der Waals surface area contributed by atoms with Gasteiger partial charge in [-0.3, -0.25) is 4.79 Å². The number of amides is 3. The Bertz CT molecular complexity index is 675. The summed E-state index contributed by atoms with van der Waals surface area (Å²) in [4.78, 5) is 23.8.